The third kappa shape index (κ3) is 5.79. The lowest BCUT2D eigenvalue weighted by atomic mass is 10.2. The molecule has 0 unspecified atom stereocenters. The molecule has 6 nitrogen and oxygen atoms in total. The molecule has 3 amide bonds. The van der Waals surface area contributed by atoms with E-state index in [0.29, 0.717) is 15.5 Å². The van der Waals surface area contributed by atoms with Gasteiger partial charge in [0.05, 0.1) is 4.91 Å². The lowest BCUT2D eigenvalue weighted by Gasteiger charge is -2.14. The van der Waals surface area contributed by atoms with Crippen molar-refractivity contribution < 1.29 is 14.4 Å². The highest BCUT2D eigenvalue weighted by molar-refractivity contribution is 8.26. The second-order valence-corrected chi connectivity index (χ2v) is 8.18. The fraction of sp³-hybridized carbons (Fsp3) is 0.0476. The van der Waals surface area contributed by atoms with Crippen molar-refractivity contribution in [1.29, 1.82) is 0 Å². The number of halogens is 1. The molecule has 3 rings (SSSR count). The summed E-state index contributed by atoms with van der Waals surface area (Å²) in [4.78, 5) is 38.3. The topological polar surface area (TPSA) is 78.5 Å². The molecule has 1 aliphatic rings. The van der Waals surface area contributed by atoms with Crippen LogP contribution in [0.4, 0.5) is 0 Å². The smallest absolute Gasteiger partial charge is 0.269 e. The Balaban J connectivity index is 1.54. The third-order valence-electron chi connectivity index (χ3n) is 3.91. The van der Waals surface area contributed by atoms with E-state index in [9.17, 15) is 14.4 Å². The number of hydrogen-bond acceptors (Lipinski definition) is 5. The summed E-state index contributed by atoms with van der Waals surface area (Å²) in [6.45, 7) is -0.305. The Morgan fingerprint density at radius 2 is 1.87 bits per heavy atom. The van der Waals surface area contributed by atoms with Gasteiger partial charge in [-0.25, -0.2) is 0 Å². The van der Waals surface area contributed by atoms with Crippen LogP contribution in [-0.2, 0) is 9.59 Å². The molecule has 0 bridgehead atoms. The van der Waals surface area contributed by atoms with Crippen molar-refractivity contribution >= 4 is 63.7 Å². The van der Waals surface area contributed by atoms with Gasteiger partial charge in [0, 0.05) is 10.6 Å². The Kier molecular flexibility index (Phi) is 7.40. The van der Waals surface area contributed by atoms with Gasteiger partial charge in [0.1, 0.15) is 10.9 Å². The number of amides is 3. The molecule has 0 spiro atoms. The predicted molar refractivity (Wildman–Crippen MR) is 123 cm³/mol. The molecule has 1 heterocycles. The van der Waals surface area contributed by atoms with Crippen molar-refractivity contribution in [3.05, 3.63) is 87.8 Å². The quantitative estimate of drug-likeness (QED) is 0.408. The van der Waals surface area contributed by atoms with Gasteiger partial charge in [0.15, 0.2) is 0 Å². The van der Waals surface area contributed by atoms with E-state index in [1.807, 2.05) is 36.4 Å². The van der Waals surface area contributed by atoms with Crippen LogP contribution in [-0.4, -0.2) is 33.5 Å². The van der Waals surface area contributed by atoms with E-state index in [0.717, 1.165) is 17.3 Å². The molecule has 30 heavy (non-hydrogen) atoms. The van der Waals surface area contributed by atoms with Crippen molar-refractivity contribution in [1.82, 2.24) is 15.8 Å². The van der Waals surface area contributed by atoms with Gasteiger partial charge >= 0.3 is 0 Å². The second-order valence-electron chi connectivity index (χ2n) is 6.07. The summed E-state index contributed by atoms with van der Waals surface area (Å²) in [6.07, 6.45) is 5.28. The molecular formula is C21H16ClN3O3S2. The molecule has 0 aromatic heterocycles. The fourth-order valence-corrected chi connectivity index (χ4v) is 3.87. The molecule has 1 aliphatic heterocycles. The molecule has 0 radical (unpaired) electrons. The van der Waals surface area contributed by atoms with Gasteiger partial charge in [-0.05, 0) is 29.8 Å². The molecule has 1 fully saturated rings. The highest BCUT2D eigenvalue weighted by atomic mass is 35.5. The lowest BCUT2D eigenvalue weighted by molar-refractivity contribution is -0.129. The molecule has 2 aromatic rings. The number of nitrogens with one attached hydrogen (secondary N) is 2. The number of carbonyl (C=O) groups excluding carboxylic acids is 3. The number of carbonyl (C=O) groups is 3. The van der Waals surface area contributed by atoms with E-state index >= 15 is 0 Å². The average molecular weight is 458 g/mol. The lowest BCUT2D eigenvalue weighted by Crippen LogP contribution is -2.47. The van der Waals surface area contributed by atoms with Crippen molar-refractivity contribution in [2.75, 3.05) is 6.54 Å². The Bertz CT molecular complexity index is 1050. The zero-order valence-electron chi connectivity index (χ0n) is 15.5. The standard InChI is InChI=1S/C21H16ClN3O3S2/c22-16-10-5-9-15(12-16)19(27)24-23-18(26)13-25-20(28)17(30-21(25)29)11-4-8-14-6-2-1-3-7-14/h1-12H,13H2,(H,23,26)(H,24,27). The molecule has 1 saturated heterocycles. The first kappa shape index (κ1) is 21.8. The Morgan fingerprint density at radius 1 is 1.10 bits per heavy atom. The van der Waals surface area contributed by atoms with Crippen molar-refractivity contribution in [3.8, 4) is 0 Å². The van der Waals surface area contributed by atoms with Crippen LogP contribution < -0.4 is 10.9 Å². The zero-order chi connectivity index (χ0) is 21.5. The number of hydrazine groups is 1. The maximum absolute atomic E-state index is 12.5. The Labute approximate surface area is 187 Å². The molecule has 2 aromatic carbocycles. The molecule has 0 atom stereocenters. The minimum absolute atomic E-state index is 0.274. The van der Waals surface area contributed by atoms with E-state index in [-0.39, 0.29) is 16.8 Å². The third-order valence-corrected chi connectivity index (χ3v) is 5.54. The van der Waals surface area contributed by atoms with Crippen LogP contribution in [0.5, 0.6) is 0 Å². The number of hydrogen-bond donors (Lipinski definition) is 2. The van der Waals surface area contributed by atoms with Crippen molar-refractivity contribution in [3.63, 3.8) is 0 Å². The SMILES string of the molecule is O=C(CN1C(=O)C(=CC=Cc2ccccc2)SC1=S)NNC(=O)c1cccc(Cl)c1. The predicted octanol–water partition coefficient (Wildman–Crippen LogP) is 3.56. The van der Waals surface area contributed by atoms with E-state index < -0.39 is 11.8 Å². The summed E-state index contributed by atoms with van der Waals surface area (Å²) < 4.78 is 0.274. The largest absolute Gasteiger partial charge is 0.283 e. The Hall–Kier alpha value is -2.94. The summed E-state index contributed by atoms with van der Waals surface area (Å²) in [7, 11) is 0. The highest BCUT2D eigenvalue weighted by Gasteiger charge is 2.33. The maximum Gasteiger partial charge on any atom is 0.269 e. The normalized spacial score (nSPS) is 15.1. The van der Waals surface area contributed by atoms with Gasteiger partial charge in [0.25, 0.3) is 17.7 Å². The monoisotopic (exact) mass is 457 g/mol. The van der Waals surface area contributed by atoms with Gasteiger partial charge in [-0.3, -0.25) is 30.1 Å². The molecule has 0 aliphatic carbocycles. The summed E-state index contributed by atoms with van der Waals surface area (Å²) in [6, 6.07) is 15.9. The van der Waals surface area contributed by atoms with Gasteiger partial charge in [-0.15, -0.1) is 0 Å². The van der Waals surface area contributed by atoms with E-state index in [1.54, 1.807) is 30.4 Å². The fourth-order valence-electron chi connectivity index (χ4n) is 2.47. The van der Waals surface area contributed by atoms with E-state index in [1.165, 1.54) is 11.0 Å². The minimum Gasteiger partial charge on any atom is -0.283 e. The van der Waals surface area contributed by atoms with Crippen LogP contribution in [0.1, 0.15) is 15.9 Å². The zero-order valence-corrected chi connectivity index (χ0v) is 17.9. The summed E-state index contributed by atoms with van der Waals surface area (Å²) in [5.41, 5.74) is 5.84. The van der Waals surface area contributed by atoms with E-state index in [4.69, 9.17) is 23.8 Å². The van der Waals surface area contributed by atoms with Crippen molar-refractivity contribution in [2.45, 2.75) is 0 Å². The van der Waals surface area contributed by atoms with Crippen molar-refractivity contribution in [2.24, 2.45) is 0 Å². The molecule has 0 saturated carbocycles. The first-order chi connectivity index (χ1) is 14.4. The first-order valence-electron chi connectivity index (χ1n) is 8.76. The first-order valence-corrected chi connectivity index (χ1v) is 10.4. The molecule has 152 valence electrons. The number of nitrogens with zero attached hydrogens (tertiary/aromatic N) is 1. The van der Waals surface area contributed by atoms with E-state index in [2.05, 4.69) is 10.9 Å². The van der Waals surface area contributed by atoms with Crippen LogP contribution in [0.2, 0.25) is 5.02 Å². The number of allylic oxidation sites excluding steroid dienone is 2. The average Bonchev–Trinajstić information content (AvgIpc) is 3.00. The molecular weight excluding hydrogens is 442 g/mol. The summed E-state index contributed by atoms with van der Waals surface area (Å²) >= 11 is 12.2. The molecule has 9 heteroatoms. The minimum atomic E-state index is -0.581. The number of rotatable bonds is 5. The second kappa shape index (κ2) is 10.2. The van der Waals surface area contributed by atoms with Gasteiger partial charge in [0.2, 0.25) is 0 Å². The number of thioether (sulfide) groups is 1. The van der Waals surface area contributed by atoms with Gasteiger partial charge in [-0.2, -0.15) is 0 Å². The van der Waals surface area contributed by atoms with Gasteiger partial charge in [-0.1, -0.05) is 84.1 Å². The molecule has 2 N–H and O–H groups in total. The summed E-state index contributed by atoms with van der Waals surface area (Å²) in [5.74, 6) is -1.47. The Morgan fingerprint density at radius 3 is 2.60 bits per heavy atom. The van der Waals surface area contributed by atoms with Crippen LogP contribution in [0.15, 0.2) is 71.7 Å². The highest BCUT2D eigenvalue weighted by Crippen LogP contribution is 2.30. The summed E-state index contributed by atoms with van der Waals surface area (Å²) in [5, 5.41) is 0.402. The van der Waals surface area contributed by atoms with Crippen LogP contribution in [0.3, 0.4) is 0 Å². The van der Waals surface area contributed by atoms with Crippen LogP contribution in [0, 0.1) is 0 Å². The van der Waals surface area contributed by atoms with Gasteiger partial charge < -0.3 is 0 Å². The van der Waals surface area contributed by atoms with Crippen LogP contribution >= 0.6 is 35.6 Å². The number of benzene rings is 2. The van der Waals surface area contributed by atoms with Crippen LogP contribution in [0.25, 0.3) is 6.08 Å². The number of thiocarbonyl (C=S) groups is 1. The maximum atomic E-state index is 12.5.